The molecular formula is C19H12ClNO4. The van der Waals surface area contributed by atoms with Crippen LogP contribution in [0.1, 0.15) is 27.0 Å². The summed E-state index contributed by atoms with van der Waals surface area (Å²) >= 11 is 6.13. The number of nitriles is 1. The van der Waals surface area contributed by atoms with Gasteiger partial charge in [0.15, 0.2) is 0 Å². The molecule has 0 aliphatic rings. The van der Waals surface area contributed by atoms with Crippen molar-refractivity contribution >= 4 is 28.5 Å². The van der Waals surface area contributed by atoms with Crippen LogP contribution in [0.3, 0.4) is 0 Å². The lowest BCUT2D eigenvalue weighted by atomic mass is 10.1. The summed E-state index contributed by atoms with van der Waals surface area (Å²) in [6, 6.07) is 12.8. The second-order valence-electron chi connectivity index (χ2n) is 5.46. The van der Waals surface area contributed by atoms with Crippen LogP contribution in [0.4, 0.5) is 0 Å². The number of aryl methyl sites for hydroxylation is 1. The number of halogens is 1. The highest BCUT2D eigenvalue weighted by Gasteiger charge is 2.12. The third kappa shape index (κ3) is 3.54. The van der Waals surface area contributed by atoms with Gasteiger partial charge in [-0.3, -0.25) is 0 Å². The first-order valence-electron chi connectivity index (χ1n) is 7.38. The van der Waals surface area contributed by atoms with Gasteiger partial charge in [0.25, 0.3) is 0 Å². The molecule has 1 aromatic heterocycles. The first-order chi connectivity index (χ1) is 12.0. The Kier molecular flexibility index (Phi) is 4.55. The Balaban J connectivity index is 1.90. The monoisotopic (exact) mass is 353 g/mol. The van der Waals surface area contributed by atoms with Gasteiger partial charge in [0.05, 0.1) is 17.2 Å². The van der Waals surface area contributed by atoms with Crippen LogP contribution in [0.2, 0.25) is 5.02 Å². The second-order valence-corrected chi connectivity index (χ2v) is 5.86. The van der Waals surface area contributed by atoms with Gasteiger partial charge in [0.1, 0.15) is 12.2 Å². The number of rotatable bonds is 3. The molecule has 0 fully saturated rings. The number of carbonyl (C=O) groups is 1. The summed E-state index contributed by atoms with van der Waals surface area (Å²) in [4.78, 5) is 23.9. The summed E-state index contributed by atoms with van der Waals surface area (Å²) in [5.41, 5.74) is 1.75. The van der Waals surface area contributed by atoms with E-state index in [4.69, 9.17) is 26.0 Å². The molecule has 0 spiro atoms. The van der Waals surface area contributed by atoms with E-state index in [-0.39, 0.29) is 12.2 Å². The molecule has 6 heteroatoms. The summed E-state index contributed by atoms with van der Waals surface area (Å²) < 4.78 is 10.4. The minimum Gasteiger partial charge on any atom is -0.457 e. The Labute approximate surface area is 148 Å². The van der Waals surface area contributed by atoms with E-state index >= 15 is 0 Å². The molecule has 0 atom stereocenters. The van der Waals surface area contributed by atoms with E-state index in [1.807, 2.05) is 6.07 Å². The van der Waals surface area contributed by atoms with E-state index in [0.29, 0.717) is 27.1 Å². The van der Waals surface area contributed by atoms with Crippen molar-refractivity contribution in [1.29, 1.82) is 5.26 Å². The number of ether oxygens (including phenoxy) is 1. The van der Waals surface area contributed by atoms with Crippen LogP contribution in [-0.4, -0.2) is 5.97 Å². The van der Waals surface area contributed by atoms with Gasteiger partial charge in [-0.1, -0.05) is 17.7 Å². The van der Waals surface area contributed by atoms with Crippen LogP contribution < -0.4 is 5.63 Å². The Morgan fingerprint density at radius 3 is 2.84 bits per heavy atom. The van der Waals surface area contributed by atoms with Gasteiger partial charge in [-0.25, -0.2) is 9.59 Å². The number of benzene rings is 2. The van der Waals surface area contributed by atoms with Crippen molar-refractivity contribution in [3.63, 3.8) is 0 Å². The third-order valence-corrected chi connectivity index (χ3v) is 4.10. The predicted molar refractivity (Wildman–Crippen MR) is 92.5 cm³/mol. The largest absolute Gasteiger partial charge is 0.457 e. The van der Waals surface area contributed by atoms with Gasteiger partial charge in [-0.15, -0.1) is 0 Å². The van der Waals surface area contributed by atoms with Crippen molar-refractivity contribution in [2.75, 3.05) is 0 Å². The standard InChI is InChI=1S/C19H12ClNO4/c1-11-5-17-15(8-16(11)20)14(7-18(22)25-17)10-24-19(23)13-4-2-3-12(6-13)9-21/h2-8H,10H2,1H3. The van der Waals surface area contributed by atoms with Crippen molar-refractivity contribution < 1.29 is 13.9 Å². The maximum atomic E-state index is 12.2. The Morgan fingerprint density at radius 2 is 2.08 bits per heavy atom. The molecule has 0 aliphatic heterocycles. The molecule has 25 heavy (non-hydrogen) atoms. The lowest BCUT2D eigenvalue weighted by Crippen LogP contribution is -2.08. The predicted octanol–water partition coefficient (Wildman–Crippen LogP) is 3.98. The average molecular weight is 354 g/mol. The second kappa shape index (κ2) is 6.80. The van der Waals surface area contributed by atoms with Crippen LogP contribution in [0, 0.1) is 18.3 Å². The minimum absolute atomic E-state index is 0.114. The summed E-state index contributed by atoms with van der Waals surface area (Å²) in [7, 11) is 0. The van der Waals surface area contributed by atoms with Crippen molar-refractivity contribution in [1.82, 2.24) is 0 Å². The number of nitrogens with zero attached hydrogens (tertiary/aromatic N) is 1. The van der Waals surface area contributed by atoms with Gasteiger partial charge in [0.2, 0.25) is 0 Å². The molecule has 0 unspecified atom stereocenters. The average Bonchev–Trinajstić information content (AvgIpc) is 2.61. The summed E-state index contributed by atoms with van der Waals surface area (Å²) in [6.45, 7) is 1.69. The highest BCUT2D eigenvalue weighted by Crippen LogP contribution is 2.25. The van der Waals surface area contributed by atoms with Crippen molar-refractivity contribution in [2.24, 2.45) is 0 Å². The van der Waals surface area contributed by atoms with Crippen LogP contribution in [0.25, 0.3) is 11.0 Å². The molecule has 0 saturated heterocycles. The fourth-order valence-corrected chi connectivity index (χ4v) is 2.57. The number of fused-ring (bicyclic) bond motifs is 1. The van der Waals surface area contributed by atoms with Gasteiger partial charge in [0, 0.05) is 22.0 Å². The number of hydrogen-bond acceptors (Lipinski definition) is 5. The summed E-state index contributed by atoms with van der Waals surface area (Å²) in [6.07, 6.45) is 0. The zero-order chi connectivity index (χ0) is 18.0. The fraction of sp³-hybridized carbons (Fsp3) is 0.105. The van der Waals surface area contributed by atoms with Crippen molar-refractivity contribution in [2.45, 2.75) is 13.5 Å². The molecular weight excluding hydrogens is 342 g/mol. The molecule has 5 nitrogen and oxygen atoms in total. The zero-order valence-corrected chi connectivity index (χ0v) is 14.0. The lowest BCUT2D eigenvalue weighted by molar-refractivity contribution is 0.0474. The van der Waals surface area contributed by atoms with Gasteiger partial charge in [-0.2, -0.15) is 5.26 Å². The summed E-state index contributed by atoms with van der Waals surface area (Å²) in [5.74, 6) is -0.586. The van der Waals surface area contributed by atoms with Crippen LogP contribution >= 0.6 is 11.6 Å². The quantitative estimate of drug-likeness (QED) is 0.525. The van der Waals surface area contributed by atoms with E-state index in [0.717, 1.165) is 5.56 Å². The molecule has 1 heterocycles. The van der Waals surface area contributed by atoms with E-state index in [1.54, 1.807) is 37.3 Å². The van der Waals surface area contributed by atoms with E-state index in [1.165, 1.54) is 12.1 Å². The van der Waals surface area contributed by atoms with Crippen LogP contribution in [-0.2, 0) is 11.3 Å². The lowest BCUT2D eigenvalue weighted by Gasteiger charge is -2.09. The van der Waals surface area contributed by atoms with Gasteiger partial charge >= 0.3 is 11.6 Å². The third-order valence-electron chi connectivity index (χ3n) is 3.70. The molecule has 0 bridgehead atoms. The van der Waals surface area contributed by atoms with Crippen molar-refractivity contribution in [3.05, 3.63) is 80.2 Å². The Bertz CT molecular complexity index is 1080. The van der Waals surface area contributed by atoms with E-state index in [2.05, 4.69) is 0 Å². The normalized spacial score (nSPS) is 10.4. The summed E-state index contributed by atoms with van der Waals surface area (Å²) in [5, 5.41) is 10.0. The zero-order valence-electron chi connectivity index (χ0n) is 13.2. The molecule has 0 aliphatic carbocycles. The molecule has 124 valence electrons. The molecule has 0 N–H and O–H groups in total. The van der Waals surface area contributed by atoms with E-state index in [9.17, 15) is 9.59 Å². The number of carbonyl (C=O) groups excluding carboxylic acids is 1. The first-order valence-corrected chi connectivity index (χ1v) is 7.76. The SMILES string of the molecule is Cc1cc2oc(=O)cc(COC(=O)c3cccc(C#N)c3)c2cc1Cl. The first kappa shape index (κ1) is 16.7. The molecule has 0 radical (unpaired) electrons. The van der Waals surface area contributed by atoms with Crippen molar-refractivity contribution in [3.8, 4) is 6.07 Å². The van der Waals surface area contributed by atoms with Crippen LogP contribution in [0.5, 0.6) is 0 Å². The minimum atomic E-state index is -0.586. The molecule has 2 aromatic carbocycles. The fourth-order valence-electron chi connectivity index (χ4n) is 2.41. The number of esters is 1. The van der Waals surface area contributed by atoms with Gasteiger partial charge in [-0.05, 0) is 42.8 Å². The molecule has 0 amide bonds. The molecule has 3 rings (SSSR count). The Hall–Kier alpha value is -3.10. The molecule has 0 saturated carbocycles. The maximum absolute atomic E-state index is 12.2. The number of hydrogen-bond donors (Lipinski definition) is 0. The highest BCUT2D eigenvalue weighted by atomic mass is 35.5. The smallest absolute Gasteiger partial charge is 0.338 e. The molecule has 3 aromatic rings. The van der Waals surface area contributed by atoms with Gasteiger partial charge < -0.3 is 9.15 Å². The Morgan fingerprint density at radius 1 is 1.28 bits per heavy atom. The van der Waals surface area contributed by atoms with E-state index < -0.39 is 11.6 Å². The maximum Gasteiger partial charge on any atom is 0.338 e. The topological polar surface area (TPSA) is 80.3 Å². The van der Waals surface area contributed by atoms with Crippen LogP contribution in [0.15, 0.2) is 51.7 Å². The highest BCUT2D eigenvalue weighted by molar-refractivity contribution is 6.32.